The maximum Gasteiger partial charge on any atom is 0.252 e. The van der Waals surface area contributed by atoms with Gasteiger partial charge in [-0.25, -0.2) is 4.39 Å². The van der Waals surface area contributed by atoms with Crippen molar-refractivity contribution in [2.24, 2.45) is 0 Å². The molecule has 0 fully saturated rings. The molecule has 0 spiro atoms. The lowest BCUT2D eigenvalue weighted by molar-refractivity contribution is 0.0958. The average Bonchev–Trinajstić information content (AvgIpc) is 2.85. The summed E-state index contributed by atoms with van der Waals surface area (Å²) in [6, 6.07) is 10.2. The molecular weight excluding hydrogens is 427 g/mol. The summed E-state index contributed by atoms with van der Waals surface area (Å²) in [5.41, 5.74) is 14.3. The third-order valence-electron chi connectivity index (χ3n) is 6.49. The number of aryl methyl sites for hydroxylation is 1. The standard InChI is InChI=1S/C28H31FN4O/c1-4-17(2)26(22-11-10-19(15-24(22)29)28(34)33-14-13-30)20-7-5-6-8-21(20)27-18(3)9-12-25(32)23(27)16-31/h9-12,15-16,31H,4-8,14,32H2,1-3H3,(H,33,34)/b26-17-,31-16?. The minimum atomic E-state index is -0.478. The van der Waals surface area contributed by atoms with Crippen LogP contribution in [0.15, 0.2) is 41.5 Å². The first kappa shape index (κ1) is 24.9. The van der Waals surface area contributed by atoms with Crippen LogP contribution in [0.3, 0.4) is 0 Å². The SMILES string of the molecule is CC/C(C)=C(/C1=C(c2c(C)ccc(N)c2C=N)CCCC1)c1ccc(C(=O)NCC#N)cc1F. The van der Waals surface area contributed by atoms with E-state index in [4.69, 9.17) is 16.4 Å². The van der Waals surface area contributed by atoms with Crippen LogP contribution in [-0.2, 0) is 0 Å². The Kier molecular flexibility index (Phi) is 8.01. The van der Waals surface area contributed by atoms with Gasteiger partial charge in [0.1, 0.15) is 12.4 Å². The second-order valence-corrected chi connectivity index (χ2v) is 8.61. The fourth-order valence-electron chi connectivity index (χ4n) is 4.67. The van der Waals surface area contributed by atoms with Crippen LogP contribution in [0, 0.1) is 29.5 Å². The van der Waals surface area contributed by atoms with Gasteiger partial charge in [-0.05, 0) is 92.0 Å². The first-order valence-electron chi connectivity index (χ1n) is 11.6. The lowest BCUT2D eigenvalue weighted by atomic mass is 9.77. The normalized spacial score (nSPS) is 14.3. The summed E-state index contributed by atoms with van der Waals surface area (Å²) in [6.07, 6.45) is 5.71. The Morgan fingerprint density at radius 1 is 1.26 bits per heavy atom. The monoisotopic (exact) mass is 458 g/mol. The smallest absolute Gasteiger partial charge is 0.252 e. The molecule has 0 atom stereocenters. The van der Waals surface area contributed by atoms with Crippen molar-refractivity contribution in [1.29, 1.82) is 10.7 Å². The largest absolute Gasteiger partial charge is 0.398 e. The molecule has 1 aliphatic carbocycles. The topological polar surface area (TPSA) is 103 Å². The predicted octanol–water partition coefficient (Wildman–Crippen LogP) is 6.18. The summed E-state index contributed by atoms with van der Waals surface area (Å²) in [7, 11) is 0. The van der Waals surface area contributed by atoms with E-state index in [1.165, 1.54) is 12.3 Å². The molecule has 34 heavy (non-hydrogen) atoms. The van der Waals surface area contributed by atoms with Gasteiger partial charge in [0.2, 0.25) is 0 Å². The van der Waals surface area contributed by atoms with Crippen LogP contribution in [0.5, 0.6) is 0 Å². The van der Waals surface area contributed by atoms with Crippen LogP contribution in [0.4, 0.5) is 10.1 Å². The van der Waals surface area contributed by atoms with E-state index >= 15 is 4.39 Å². The van der Waals surface area contributed by atoms with Crippen molar-refractivity contribution in [2.75, 3.05) is 12.3 Å². The predicted molar refractivity (Wildman–Crippen MR) is 136 cm³/mol. The lowest BCUT2D eigenvalue weighted by Crippen LogP contribution is -2.23. The zero-order valence-electron chi connectivity index (χ0n) is 20.0. The second-order valence-electron chi connectivity index (χ2n) is 8.61. The van der Waals surface area contributed by atoms with E-state index in [2.05, 4.69) is 12.2 Å². The number of carbonyl (C=O) groups is 1. The van der Waals surface area contributed by atoms with E-state index in [0.29, 0.717) is 16.8 Å². The number of anilines is 1. The summed E-state index contributed by atoms with van der Waals surface area (Å²) in [5, 5.41) is 19.1. The van der Waals surface area contributed by atoms with E-state index in [9.17, 15) is 4.79 Å². The van der Waals surface area contributed by atoms with Crippen LogP contribution >= 0.6 is 0 Å². The minimum absolute atomic E-state index is 0.131. The number of nitrogen functional groups attached to an aromatic ring is 1. The number of benzene rings is 2. The highest BCUT2D eigenvalue weighted by Crippen LogP contribution is 2.44. The molecule has 0 aromatic heterocycles. The van der Waals surface area contributed by atoms with Crippen molar-refractivity contribution in [3.8, 4) is 6.07 Å². The van der Waals surface area contributed by atoms with Gasteiger partial charge in [-0.3, -0.25) is 4.79 Å². The molecule has 6 heteroatoms. The third-order valence-corrected chi connectivity index (χ3v) is 6.49. The van der Waals surface area contributed by atoms with Gasteiger partial charge in [0.15, 0.2) is 0 Å². The maximum absolute atomic E-state index is 15.5. The highest BCUT2D eigenvalue weighted by molar-refractivity contribution is 5.99. The molecule has 0 heterocycles. The molecule has 176 valence electrons. The van der Waals surface area contributed by atoms with Crippen LogP contribution in [0.1, 0.15) is 78.6 Å². The number of nitrogens with zero attached hydrogens (tertiary/aromatic N) is 1. The summed E-state index contributed by atoms with van der Waals surface area (Å²) >= 11 is 0. The van der Waals surface area contributed by atoms with Crippen molar-refractivity contribution >= 4 is 29.0 Å². The first-order chi connectivity index (χ1) is 16.3. The van der Waals surface area contributed by atoms with Crippen LogP contribution in [0.2, 0.25) is 0 Å². The first-order valence-corrected chi connectivity index (χ1v) is 11.6. The fraction of sp³-hybridized carbons (Fsp3) is 0.321. The van der Waals surface area contributed by atoms with Gasteiger partial charge in [-0.1, -0.05) is 24.6 Å². The van der Waals surface area contributed by atoms with Crippen molar-refractivity contribution in [2.45, 2.75) is 52.9 Å². The van der Waals surface area contributed by atoms with Crippen molar-refractivity contribution in [3.63, 3.8) is 0 Å². The van der Waals surface area contributed by atoms with E-state index in [0.717, 1.165) is 65.5 Å². The molecule has 4 N–H and O–H groups in total. The van der Waals surface area contributed by atoms with Gasteiger partial charge in [-0.15, -0.1) is 0 Å². The van der Waals surface area contributed by atoms with Crippen molar-refractivity contribution in [3.05, 3.63) is 75.1 Å². The number of nitrogens with one attached hydrogen (secondary N) is 2. The zero-order chi connectivity index (χ0) is 24.8. The van der Waals surface area contributed by atoms with Crippen LogP contribution in [-0.4, -0.2) is 18.7 Å². The Bertz CT molecular complexity index is 1230. The molecular formula is C28H31FN4O. The minimum Gasteiger partial charge on any atom is -0.398 e. The highest BCUT2D eigenvalue weighted by atomic mass is 19.1. The molecule has 1 amide bonds. The Balaban J connectivity index is 2.24. The number of carbonyl (C=O) groups excluding carboxylic acids is 1. The number of halogens is 1. The highest BCUT2D eigenvalue weighted by Gasteiger charge is 2.25. The maximum atomic E-state index is 15.5. The number of hydrogen-bond acceptors (Lipinski definition) is 4. The number of rotatable bonds is 7. The van der Waals surface area contributed by atoms with E-state index in [1.54, 1.807) is 12.1 Å². The number of nitrogens with two attached hydrogens (primary N) is 1. The molecule has 0 radical (unpaired) electrons. The Hall–Kier alpha value is -3.72. The van der Waals surface area contributed by atoms with Gasteiger partial charge in [0.25, 0.3) is 5.91 Å². The van der Waals surface area contributed by atoms with Crippen molar-refractivity contribution in [1.82, 2.24) is 5.32 Å². The molecule has 0 saturated heterocycles. The number of hydrogen-bond donors (Lipinski definition) is 3. The molecule has 0 saturated carbocycles. The molecule has 0 aliphatic heterocycles. The van der Waals surface area contributed by atoms with E-state index < -0.39 is 11.7 Å². The van der Waals surface area contributed by atoms with Crippen LogP contribution < -0.4 is 11.1 Å². The Morgan fingerprint density at radius 2 is 2.00 bits per heavy atom. The molecule has 2 aromatic carbocycles. The van der Waals surface area contributed by atoms with Crippen molar-refractivity contribution < 1.29 is 9.18 Å². The molecule has 1 aliphatic rings. The van der Waals surface area contributed by atoms with Gasteiger partial charge in [-0.2, -0.15) is 5.26 Å². The molecule has 0 bridgehead atoms. The van der Waals surface area contributed by atoms with Gasteiger partial charge < -0.3 is 16.5 Å². The number of allylic oxidation sites excluding steroid dienone is 4. The fourth-order valence-corrected chi connectivity index (χ4v) is 4.67. The number of nitriles is 1. The molecule has 5 nitrogen and oxygen atoms in total. The third kappa shape index (κ3) is 4.94. The summed E-state index contributed by atoms with van der Waals surface area (Å²) in [6.45, 7) is 5.96. The number of amides is 1. The molecule has 3 rings (SSSR count). The lowest BCUT2D eigenvalue weighted by Gasteiger charge is -2.27. The van der Waals surface area contributed by atoms with Gasteiger partial charge >= 0.3 is 0 Å². The Labute approximate surface area is 200 Å². The molecule has 0 unspecified atom stereocenters. The summed E-state index contributed by atoms with van der Waals surface area (Å²) in [5.74, 6) is -0.949. The average molecular weight is 459 g/mol. The van der Waals surface area contributed by atoms with Gasteiger partial charge in [0, 0.05) is 28.6 Å². The van der Waals surface area contributed by atoms with E-state index in [1.807, 2.05) is 32.0 Å². The van der Waals surface area contributed by atoms with Crippen LogP contribution in [0.25, 0.3) is 11.1 Å². The summed E-state index contributed by atoms with van der Waals surface area (Å²) < 4.78 is 15.5. The second kappa shape index (κ2) is 10.9. The summed E-state index contributed by atoms with van der Waals surface area (Å²) in [4.78, 5) is 12.2. The van der Waals surface area contributed by atoms with Gasteiger partial charge in [0.05, 0.1) is 6.07 Å². The van der Waals surface area contributed by atoms with E-state index in [-0.39, 0.29) is 12.1 Å². The zero-order valence-corrected chi connectivity index (χ0v) is 20.0. The molecule has 2 aromatic rings. The quantitative estimate of drug-likeness (QED) is 0.262. The Morgan fingerprint density at radius 3 is 2.65 bits per heavy atom.